The number of hydrogen-bond acceptors (Lipinski definition) is 4. The number of rotatable bonds is 5. The van der Waals surface area contributed by atoms with Crippen molar-refractivity contribution in [2.75, 3.05) is 6.61 Å². The second kappa shape index (κ2) is 8.10. The number of halogens is 3. The number of alkyl halides is 3. The molecule has 0 aromatic heterocycles. The van der Waals surface area contributed by atoms with Crippen molar-refractivity contribution in [2.24, 2.45) is 5.10 Å². The predicted molar refractivity (Wildman–Crippen MR) is 106 cm³/mol. The number of hydrogen-bond donors (Lipinski definition) is 1. The van der Waals surface area contributed by atoms with E-state index >= 15 is 0 Å². The maximum Gasteiger partial charge on any atom is 0.438 e. The molecule has 0 fully saturated rings. The molecule has 2 aromatic rings. The molecular weight excluding hydrogens is 397 g/mol. The van der Waals surface area contributed by atoms with Gasteiger partial charge in [0.05, 0.1) is 12.1 Å². The highest BCUT2D eigenvalue weighted by molar-refractivity contribution is 6.03. The molecule has 1 amide bonds. The van der Waals surface area contributed by atoms with Crippen molar-refractivity contribution in [3.8, 4) is 5.75 Å². The Morgan fingerprint density at radius 3 is 2.40 bits per heavy atom. The van der Waals surface area contributed by atoms with Gasteiger partial charge in [-0.15, -0.1) is 0 Å². The summed E-state index contributed by atoms with van der Waals surface area (Å²) in [5, 5.41) is 14.3. The standard InChI is InChI=1S/C22H23F3N2O3/c1-4-16-6-8-17(9-7-16)19-12-21(29,22(23,24)25)27(26-19)20(28)13-30-18-10-5-14(2)15(3)11-18/h5-11,29H,4,12-13H2,1-3H3/t21-/m1/s1. The number of carbonyl (C=O) groups excluding carboxylic acids is 1. The fourth-order valence-corrected chi connectivity index (χ4v) is 3.13. The van der Waals surface area contributed by atoms with Crippen molar-refractivity contribution < 1.29 is 27.8 Å². The van der Waals surface area contributed by atoms with E-state index in [0.29, 0.717) is 11.3 Å². The zero-order valence-electron chi connectivity index (χ0n) is 17.0. The van der Waals surface area contributed by atoms with Gasteiger partial charge in [-0.1, -0.05) is 37.3 Å². The number of ether oxygens (including phenoxy) is 1. The fourth-order valence-electron chi connectivity index (χ4n) is 3.13. The highest BCUT2D eigenvalue weighted by atomic mass is 19.4. The first-order valence-electron chi connectivity index (χ1n) is 9.54. The van der Waals surface area contributed by atoms with Gasteiger partial charge < -0.3 is 9.84 Å². The molecule has 3 rings (SSSR count). The summed E-state index contributed by atoms with van der Waals surface area (Å²) in [7, 11) is 0. The van der Waals surface area contributed by atoms with E-state index in [2.05, 4.69) is 5.10 Å². The van der Waals surface area contributed by atoms with Gasteiger partial charge in [0.15, 0.2) is 6.61 Å². The molecule has 0 radical (unpaired) electrons. The molecule has 0 saturated carbocycles. The number of carbonyl (C=O) groups is 1. The second-order valence-corrected chi connectivity index (χ2v) is 7.33. The van der Waals surface area contributed by atoms with E-state index in [0.717, 1.165) is 23.1 Å². The molecular formula is C22H23F3N2O3. The van der Waals surface area contributed by atoms with Crippen molar-refractivity contribution in [2.45, 2.75) is 45.5 Å². The Balaban J connectivity index is 1.84. The lowest BCUT2D eigenvalue weighted by molar-refractivity contribution is -0.302. The van der Waals surface area contributed by atoms with Gasteiger partial charge in [0, 0.05) is 0 Å². The van der Waals surface area contributed by atoms with Crippen LogP contribution in [0.1, 0.15) is 35.6 Å². The molecule has 5 nitrogen and oxygen atoms in total. The minimum Gasteiger partial charge on any atom is -0.484 e. The van der Waals surface area contributed by atoms with Crippen LogP contribution in [0.15, 0.2) is 47.6 Å². The first-order chi connectivity index (χ1) is 14.0. The highest BCUT2D eigenvalue weighted by Gasteiger charge is 2.63. The molecule has 1 aliphatic heterocycles. The second-order valence-electron chi connectivity index (χ2n) is 7.33. The largest absolute Gasteiger partial charge is 0.484 e. The molecule has 2 aromatic carbocycles. The number of hydrazone groups is 1. The highest BCUT2D eigenvalue weighted by Crippen LogP contribution is 2.41. The Morgan fingerprint density at radius 2 is 1.83 bits per heavy atom. The van der Waals surface area contributed by atoms with Crippen LogP contribution in [0.4, 0.5) is 13.2 Å². The van der Waals surface area contributed by atoms with Gasteiger partial charge in [0.2, 0.25) is 0 Å². The van der Waals surface area contributed by atoms with Crippen LogP contribution in [-0.2, 0) is 11.2 Å². The lowest BCUT2D eigenvalue weighted by Gasteiger charge is -2.32. The lowest BCUT2D eigenvalue weighted by atomic mass is 9.99. The van der Waals surface area contributed by atoms with E-state index < -0.39 is 30.8 Å². The normalized spacial score (nSPS) is 19.0. The number of amides is 1. The minimum atomic E-state index is -5.09. The van der Waals surface area contributed by atoms with Crippen LogP contribution < -0.4 is 4.74 Å². The zero-order chi connectivity index (χ0) is 22.1. The van der Waals surface area contributed by atoms with E-state index in [4.69, 9.17) is 4.74 Å². The van der Waals surface area contributed by atoms with Gasteiger partial charge in [-0.3, -0.25) is 4.79 Å². The summed E-state index contributed by atoms with van der Waals surface area (Å²) < 4.78 is 46.4. The van der Waals surface area contributed by atoms with Crippen molar-refractivity contribution >= 4 is 11.6 Å². The van der Waals surface area contributed by atoms with Gasteiger partial charge in [-0.2, -0.15) is 23.3 Å². The van der Waals surface area contributed by atoms with Crippen LogP contribution in [0, 0.1) is 13.8 Å². The topological polar surface area (TPSA) is 62.1 Å². The number of aryl methyl sites for hydroxylation is 3. The van der Waals surface area contributed by atoms with Gasteiger partial charge >= 0.3 is 6.18 Å². The van der Waals surface area contributed by atoms with Crippen LogP contribution in [0.3, 0.4) is 0 Å². The molecule has 0 aliphatic carbocycles. The van der Waals surface area contributed by atoms with E-state index in [1.165, 1.54) is 0 Å². The van der Waals surface area contributed by atoms with Crippen LogP contribution in [0.25, 0.3) is 0 Å². The zero-order valence-corrected chi connectivity index (χ0v) is 17.0. The smallest absolute Gasteiger partial charge is 0.438 e. The molecule has 1 N–H and O–H groups in total. The Hall–Kier alpha value is -2.87. The summed E-state index contributed by atoms with van der Waals surface area (Å²) in [6, 6.07) is 11.9. The molecule has 30 heavy (non-hydrogen) atoms. The summed E-state index contributed by atoms with van der Waals surface area (Å²) in [4.78, 5) is 12.5. The number of aliphatic hydroxyl groups is 1. The lowest BCUT2D eigenvalue weighted by Crippen LogP contribution is -2.57. The van der Waals surface area contributed by atoms with E-state index in [9.17, 15) is 23.1 Å². The SMILES string of the molecule is CCc1ccc(C2=NN(C(=O)COc3ccc(C)c(C)c3)[C@](O)(C(F)(F)F)C2)cc1. The minimum absolute atomic E-state index is 0.0167. The van der Waals surface area contributed by atoms with E-state index in [-0.39, 0.29) is 10.7 Å². The monoisotopic (exact) mass is 420 g/mol. The molecule has 0 bridgehead atoms. The van der Waals surface area contributed by atoms with Gasteiger partial charge in [-0.05, 0) is 54.7 Å². The Labute approximate surface area is 172 Å². The average Bonchev–Trinajstić information content (AvgIpc) is 3.08. The summed E-state index contributed by atoms with van der Waals surface area (Å²) in [6.07, 6.45) is -5.16. The molecule has 1 aliphatic rings. The Kier molecular flexibility index (Phi) is 5.90. The quantitative estimate of drug-likeness (QED) is 0.791. The van der Waals surface area contributed by atoms with Crippen LogP contribution in [0.5, 0.6) is 5.75 Å². The molecule has 160 valence electrons. The number of benzene rings is 2. The Bertz CT molecular complexity index is 971. The third-order valence-corrected chi connectivity index (χ3v) is 5.21. The van der Waals surface area contributed by atoms with Gasteiger partial charge in [0.25, 0.3) is 11.6 Å². The third kappa shape index (κ3) is 4.18. The molecule has 0 saturated heterocycles. The van der Waals surface area contributed by atoms with Crippen LogP contribution >= 0.6 is 0 Å². The molecule has 8 heteroatoms. The molecule has 1 atom stereocenters. The van der Waals surface area contributed by atoms with E-state index in [1.54, 1.807) is 42.5 Å². The summed E-state index contributed by atoms with van der Waals surface area (Å²) in [5.41, 5.74) is -0.0720. The van der Waals surface area contributed by atoms with Crippen molar-refractivity contribution in [1.82, 2.24) is 5.01 Å². The van der Waals surface area contributed by atoms with E-state index in [1.807, 2.05) is 20.8 Å². The Morgan fingerprint density at radius 1 is 1.17 bits per heavy atom. The summed E-state index contributed by atoms with van der Waals surface area (Å²) in [6.45, 7) is 5.03. The maximum absolute atomic E-state index is 13.7. The average molecular weight is 420 g/mol. The van der Waals surface area contributed by atoms with Crippen molar-refractivity contribution in [3.05, 3.63) is 64.7 Å². The van der Waals surface area contributed by atoms with Crippen LogP contribution in [-0.4, -0.2) is 40.2 Å². The molecule has 0 unspecified atom stereocenters. The maximum atomic E-state index is 13.7. The van der Waals surface area contributed by atoms with Crippen LogP contribution in [0.2, 0.25) is 0 Å². The van der Waals surface area contributed by atoms with Gasteiger partial charge in [-0.25, -0.2) is 0 Å². The van der Waals surface area contributed by atoms with Crippen molar-refractivity contribution in [1.29, 1.82) is 0 Å². The molecule has 0 spiro atoms. The predicted octanol–water partition coefficient (Wildman–Crippen LogP) is 4.13. The fraction of sp³-hybridized carbons (Fsp3) is 0.364. The molecule has 1 heterocycles. The number of nitrogens with zero attached hydrogens (tertiary/aromatic N) is 2. The first kappa shape index (κ1) is 21.8. The van der Waals surface area contributed by atoms with Crippen molar-refractivity contribution in [3.63, 3.8) is 0 Å². The summed E-state index contributed by atoms with van der Waals surface area (Å²) >= 11 is 0. The third-order valence-electron chi connectivity index (χ3n) is 5.21. The first-order valence-corrected chi connectivity index (χ1v) is 9.54. The van der Waals surface area contributed by atoms with Gasteiger partial charge in [0.1, 0.15) is 5.75 Å². The summed E-state index contributed by atoms with van der Waals surface area (Å²) in [5.74, 6) is -0.742.